The summed E-state index contributed by atoms with van der Waals surface area (Å²) in [6, 6.07) is 7.32. The molecule has 1 heterocycles. The lowest BCUT2D eigenvalue weighted by Gasteiger charge is -2.13. The van der Waals surface area contributed by atoms with Crippen molar-refractivity contribution in [1.82, 2.24) is 10.3 Å². The number of nitrogens with one attached hydrogen (secondary N) is 2. The van der Waals surface area contributed by atoms with Gasteiger partial charge in [-0.1, -0.05) is 18.9 Å². The van der Waals surface area contributed by atoms with Crippen molar-refractivity contribution in [2.75, 3.05) is 12.4 Å². The number of aryl methyl sites for hydroxylation is 1. The maximum absolute atomic E-state index is 12.6. The number of amides is 2. The predicted molar refractivity (Wildman–Crippen MR) is 99.6 cm³/mol. The van der Waals surface area contributed by atoms with Crippen LogP contribution in [0.3, 0.4) is 0 Å². The molecular weight excluding hydrogens is 330 g/mol. The maximum atomic E-state index is 12.6. The minimum absolute atomic E-state index is 0.188. The lowest BCUT2D eigenvalue weighted by Crippen LogP contribution is -2.32. The van der Waals surface area contributed by atoms with E-state index >= 15 is 0 Å². The van der Waals surface area contributed by atoms with Crippen LogP contribution in [0.25, 0.3) is 0 Å². The fraction of sp³-hybridized carbons (Fsp3) is 0.350. The summed E-state index contributed by atoms with van der Waals surface area (Å²) in [6.45, 7) is 1.94. The van der Waals surface area contributed by atoms with E-state index in [4.69, 9.17) is 4.74 Å². The predicted octanol–water partition coefficient (Wildman–Crippen LogP) is 3.32. The van der Waals surface area contributed by atoms with Crippen LogP contribution < -0.4 is 15.4 Å². The van der Waals surface area contributed by atoms with Crippen molar-refractivity contribution in [2.24, 2.45) is 0 Å². The number of pyridine rings is 1. The number of rotatable bonds is 5. The fourth-order valence-corrected chi connectivity index (χ4v) is 3.14. The Morgan fingerprint density at radius 1 is 1.08 bits per heavy atom. The average molecular weight is 353 g/mol. The van der Waals surface area contributed by atoms with Crippen molar-refractivity contribution in [3.8, 4) is 5.75 Å². The van der Waals surface area contributed by atoms with Crippen LogP contribution in [0.2, 0.25) is 0 Å². The van der Waals surface area contributed by atoms with Crippen molar-refractivity contribution >= 4 is 17.5 Å². The Balaban J connectivity index is 1.74. The lowest BCUT2D eigenvalue weighted by molar-refractivity contribution is 0.0937. The van der Waals surface area contributed by atoms with Crippen LogP contribution >= 0.6 is 0 Å². The van der Waals surface area contributed by atoms with Crippen LogP contribution in [0, 0.1) is 6.92 Å². The Labute approximate surface area is 153 Å². The van der Waals surface area contributed by atoms with Crippen molar-refractivity contribution in [1.29, 1.82) is 0 Å². The van der Waals surface area contributed by atoms with Gasteiger partial charge in [-0.2, -0.15) is 0 Å². The highest BCUT2D eigenvalue weighted by Crippen LogP contribution is 2.25. The standard InChI is InChI=1S/C20H23N3O3/c1-13-7-8-18(26-2)17(9-13)23-20(25)15-10-14(11-21-12-15)19(24)22-16-5-3-4-6-16/h7-12,16H,3-6H2,1-2H3,(H,22,24)(H,23,25). The highest BCUT2D eigenvalue weighted by Gasteiger charge is 2.19. The monoisotopic (exact) mass is 353 g/mol. The van der Waals surface area contributed by atoms with E-state index in [9.17, 15) is 9.59 Å². The van der Waals surface area contributed by atoms with E-state index in [0.717, 1.165) is 31.2 Å². The molecule has 1 aliphatic carbocycles. The zero-order valence-corrected chi connectivity index (χ0v) is 15.0. The summed E-state index contributed by atoms with van der Waals surface area (Å²) in [4.78, 5) is 29.0. The van der Waals surface area contributed by atoms with E-state index < -0.39 is 0 Å². The first-order valence-electron chi connectivity index (χ1n) is 8.78. The SMILES string of the molecule is COc1ccc(C)cc1NC(=O)c1cncc(C(=O)NC2CCCC2)c1. The number of carbonyl (C=O) groups excluding carboxylic acids is 2. The molecule has 2 aromatic rings. The van der Waals surface area contributed by atoms with Gasteiger partial charge in [0.05, 0.1) is 23.9 Å². The van der Waals surface area contributed by atoms with Crippen molar-refractivity contribution in [3.05, 3.63) is 53.3 Å². The number of hydrogen-bond donors (Lipinski definition) is 2. The quantitative estimate of drug-likeness (QED) is 0.864. The molecule has 6 nitrogen and oxygen atoms in total. The molecule has 1 saturated carbocycles. The molecule has 0 unspecified atom stereocenters. The number of nitrogens with zero attached hydrogens (tertiary/aromatic N) is 1. The molecule has 0 bridgehead atoms. The van der Waals surface area contributed by atoms with Gasteiger partial charge in [-0.15, -0.1) is 0 Å². The molecule has 1 aromatic heterocycles. The highest BCUT2D eigenvalue weighted by molar-refractivity contribution is 6.06. The number of hydrogen-bond acceptors (Lipinski definition) is 4. The normalized spacial score (nSPS) is 14.1. The molecule has 2 amide bonds. The molecule has 6 heteroatoms. The molecule has 2 N–H and O–H groups in total. The minimum atomic E-state index is -0.336. The molecule has 26 heavy (non-hydrogen) atoms. The summed E-state index contributed by atoms with van der Waals surface area (Å²) in [5, 5.41) is 5.83. The summed E-state index contributed by atoms with van der Waals surface area (Å²) in [6.07, 6.45) is 7.23. The summed E-state index contributed by atoms with van der Waals surface area (Å²) in [5.74, 6) is 0.0520. The third-order valence-electron chi connectivity index (χ3n) is 4.56. The van der Waals surface area contributed by atoms with E-state index in [1.165, 1.54) is 12.4 Å². The first-order chi connectivity index (χ1) is 12.6. The average Bonchev–Trinajstić information content (AvgIpc) is 3.15. The number of carbonyl (C=O) groups is 2. The van der Waals surface area contributed by atoms with E-state index in [1.54, 1.807) is 19.2 Å². The Bertz CT molecular complexity index is 814. The van der Waals surface area contributed by atoms with Gasteiger partial charge < -0.3 is 15.4 Å². The second-order valence-corrected chi connectivity index (χ2v) is 6.57. The molecule has 0 saturated heterocycles. The molecular formula is C20H23N3O3. The first-order valence-corrected chi connectivity index (χ1v) is 8.78. The molecule has 1 aromatic carbocycles. The van der Waals surface area contributed by atoms with Gasteiger partial charge in [0.2, 0.25) is 0 Å². The molecule has 0 spiro atoms. The van der Waals surface area contributed by atoms with Gasteiger partial charge in [0.15, 0.2) is 0 Å². The molecule has 3 rings (SSSR count). The van der Waals surface area contributed by atoms with Crippen LogP contribution in [0.15, 0.2) is 36.7 Å². The number of methoxy groups -OCH3 is 1. The maximum Gasteiger partial charge on any atom is 0.257 e. The van der Waals surface area contributed by atoms with Crippen molar-refractivity contribution < 1.29 is 14.3 Å². The van der Waals surface area contributed by atoms with E-state index in [2.05, 4.69) is 15.6 Å². The topological polar surface area (TPSA) is 80.3 Å². The van der Waals surface area contributed by atoms with Crippen LogP contribution in [-0.2, 0) is 0 Å². The molecule has 136 valence electrons. The number of anilines is 1. The molecule has 0 atom stereocenters. The second kappa shape index (κ2) is 7.99. The largest absolute Gasteiger partial charge is 0.495 e. The zero-order chi connectivity index (χ0) is 18.5. The van der Waals surface area contributed by atoms with Crippen LogP contribution in [0.4, 0.5) is 5.69 Å². The van der Waals surface area contributed by atoms with Gasteiger partial charge in [0.1, 0.15) is 5.75 Å². The Hall–Kier alpha value is -2.89. The van der Waals surface area contributed by atoms with E-state index in [-0.39, 0.29) is 17.9 Å². The molecule has 0 radical (unpaired) electrons. The molecule has 1 fully saturated rings. The third kappa shape index (κ3) is 4.20. The van der Waals surface area contributed by atoms with Crippen LogP contribution in [-0.4, -0.2) is 29.9 Å². The summed E-state index contributed by atoms with van der Waals surface area (Å²) >= 11 is 0. The summed E-state index contributed by atoms with van der Waals surface area (Å²) in [5.41, 5.74) is 2.30. The number of aromatic nitrogens is 1. The minimum Gasteiger partial charge on any atom is -0.495 e. The lowest BCUT2D eigenvalue weighted by atomic mass is 10.1. The van der Waals surface area contributed by atoms with E-state index in [1.807, 2.05) is 19.1 Å². The van der Waals surface area contributed by atoms with Gasteiger partial charge in [0, 0.05) is 18.4 Å². The van der Waals surface area contributed by atoms with E-state index in [0.29, 0.717) is 22.6 Å². The van der Waals surface area contributed by atoms with Gasteiger partial charge in [-0.25, -0.2) is 0 Å². The van der Waals surface area contributed by atoms with Crippen molar-refractivity contribution in [3.63, 3.8) is 0 Å². The third-order valence-corrected chi connectivity index (χ3v) is 4.56. The Morgan fingerprint density at radius 3 is 2.46 bits per heavy atom. The molecule has 1 aliphatic rings. The summed E-state index contributed by atoms with van der Waals surface area (Å²) in [7, 11) is 1.55. The highest BCUT2D eigenvalue weighted by atomic mass is 16.5. The smallest absolute Gasteiger partial charge is 0.257 e. The Morgan fingerprint density at radius 2 is 1.77 bits per heavy atom. The van der Waals surface area contributed by atoms with Gasteiger partial charge in [-0.3, -0.25) is 14.6 Å². The number of benzene rings is 1. The van der Waals surface area contributed by atoms with Gasteiger partial charge >= 0.3 is 0 Å². The van der Waals surface area contributed by atoms with Gasteiger partial charge in [-0.05, 0) is 43.5 Å². The fourth-order valence-electron chi connectivity index (χ4n) is 3.14. The van der Waals surface area contributed by atoms with Crippen LogP contribution in [0.5, 0.6) is 5.75 Å². The second-order valence-electron chi connectivity index (χ2n) is 6.57. The van der Waals surface area contributed by atoms with Crippen molar-refractivity contribution in [2.45, 2.75) is 38.6 Å². The van der Waals surface area contributed by atoms with Gasteiger partial charge in [0.25, 0.3) is 11.8 Å². The van der Waals surface area contributed by atoms with Crippen LogP contribution in [0.1, 0.15) is 52.0 Å². The Kier molecular flexibility index (Phi) is 5.51. The number of ether oxygens (including phenoxy) is 1. The zero-order valence-electron chi connectivity index (χ0n) is 15.0. The summed E-state index contributed by atoms with van der Waals surface area (Å²) < 4.78 is 5.28. The first kappa shape index (κ1) is 17.9. The molecule has 0 aliphatic heterocycles.